The number of methoxy groups -OCH3 is 3. The summed E-state index contributed by atoms with van der Waals surface area (Å²) in [5.74, 6) is 2.58. The molecule has 0 spiro atoms. The third-order valence-electron chi connectivity index (χ3n) is 5.51. The molecule has 1 aromatic heterocycles. The SMILES string of the molecule is COc1cc(C(=O)c2cnc(C3CCCCCCCC3)[nH]2)cc(OC)c1OC. The Kier molecular flexibility index (Phi) is 6.95. The fourth-order valence-electron chi connectivity index (χ4n) is 3.93. The largest absolute Gasteiger partial charge is 0.493 e. The summed E-state index contributed by atoms with van der Waals surface area (Å²) in [6, 6.07) is 3.34. The molecule has 0 atom stereocenters. The molecule has 1 aliphatic carbocycles. The van der Waals surface area contributed by atoms with E-state index in [0.29, 0.717) is 34.4 Å². The smallest absolute Gasteiger partial charge is 0.211 e. The molecule has 1 heterocycles. The number of hydrogen-bond acceptors (Lipinski definition) is 5. The lowest BCUT2D eigenvalue weighted by atomic mass is 9.96. The van der Waals surface area contributed by atoms with E-state index < -0.39 is 0 Å². The summed E-state index contributed by atoms with van der Waals surface area (Å²) in [7, 11) is 4.62. The van der Waals surface area contributed by atoms with E-state index in [-0.39, 0.29) is 5.78 Å². The van der Waals surface area contributed by atoms with Crippen molar-refractivity contribution in [1.82, 2.24) is 9.97 Å². The Labute approximate surface area is 166 Å². The average molecular weight is 386 g/mol. The van der Waals surface area contributed by atoms with E-state index in [1.165, 1.54) is 52.7 Å². The maximum Gasteiger partial charge on any atom is 0.211 e. The number of rotatable bonds is 6. The number of aromatic nitrogens is 2. The van der Waals surface area contributed by atoms with Crippen LogP contribution in [0.5, 0.6) is 17.2 Å². The number of imidazole rings is 1. The minimum Gasteiger partial charge on any atom is -0.493 e. The van der Waals surface area contributed by atoms with Crippen LogP contribution in [0.4, 0.5) is 0 Å². The second kappa shape index (κ2) is 9.62. The van der Waals surface area contributed by atoms with E-state index in [1.54, 1.807) is 25.4 Å². The molecule has 0 aliphatic heterocycles. The van der Waals surface area contributed by atoms with Gasteiger partial charge < -0.3 is 19.2 Å². The average Bonchev–Trinajstić information content (AvgIpc) is 3.25. The Morgan fingerprint density at radius 2 is 1.50 bits per heavy atom. The molecule has 0 saturated heterocycles. The van der Waals surface area contributed by atoms with Crippen molar-refractivity contribution in [3.8, 4) is 17.2 Å². The zero-order valence-corrected chi connectivity index (χ0v) is 17.0. The van der Waals surface area contributed by atoms with E-state index >= 15 is 0 Å². The molecule has 0 bridgehead atoms. The summed E-state index contributed by atoms with van der Waals surface area (Å²) < 4.78 is 16.1. The number of H-pyrrole nitrogens is 1. The van der Waals surface area contributed by atoms with Gasteiger partial charge in [0.05, 0.1) is 27.5 Å². The Morgan fingerprint density at radius 3 is 2.04 bits per heavy atom. The van der Waals surface area contributed by atoms with Gasteiger partial charge in [-0.1, -0.05) is 38.5 Å². The molecule has 1 aliphatic rings. The molecule has 3 rings (SSSR count). The first kappa shape index (κ1) is 20.2. The quantitative estimate of drug-likeness (QED) is 0.716. The van der Waals surface area contributed by atoms with Gasteiger partial charge in [0, 0.05) is 11.5 Å². The zero-order valence-electron chi connectivity index (χ0n) is 17.0. The number of carbonyl (C=O) groups is 1. The zero-order chi connectivity index (χ0) is 19.9. The summed E-state index contributed by atoms with van der Waals surface area (Å²) in [4.78, 5) is 20.9. The second-order valence-corrected chi connectivity index (χ2v) is 7.32. The van der Waals surface area contributed by atoms with Gasteiger partial charge in [0.1, 0.15) is 11.5 Å². The van der Waals surface area contributed by atoms with Crippen LogP contribution in [-0.2, 0) is 0 Å². The number of carbonyl (C=O) groups excluding carboxylic acids is 1. The highest BCUT2D eigenvalue weighted by Gasteiger charge is 2.21. The van der Waals surface area contributed by atoms with Crippen LogP contribution in [0.3, 0.4) is 0 Å². The number of aromatic amines is 1. The molecular formula is C22H30N2O4. The topological polar surface area (TPSA) is 73.4 Å². The van der Waals surface area contributed by atoms with Gasteiger partial charge >= 0.3 is 0 Å². The summed E-state index contributed by atoms with van der Waals surface area (Å²) >= 11 is 0. The highest BCUT2D eigenvalue weighted by atomic mass is 16.5. The lowest BCUT2D eigenvalue weighted by Crippen LogP contribution is -2.06. The van der Waals surface area contributed by atoms with Gasteiger partial charge in [-0.25, -0.2) is 4.98 Å². The van der Waals surface area contributed by atoms with E-state index in [0.717, 1.165) is 18.7 Å². The van der Waals surface area contributed by atoms with Crippen LogP contribution in [0.2, 0.25) is 0 Å². The number of nitrogens with one attached hydrogen (secondary N) is 1. The monoisotopic (exact) mass is 386 g/mol. The Hall–Kier alpha value is -2.50. The van der Waals surface area contributed by atoms with Gasteiger partial charge in [0.15, 0.2) is 11.5 Å². The molecule has 152 valence electrons. The van der Waals surface area contributed by atoms with Gasteiger partial charge in [-0.15, -0.1) is 0 Å². The third-order valence-corrected chi connectivity index (χ3v) is 5.51. The first-order valence-corrected chi connectivity index (χ1v) is 10.1. The van der Waals surface area contributed by atoms with Crippen LogP contribution in [0, 0.1) is 0 Å². The summed E-state index contributed by atoms with van der Waals surface area (Å²) in [5, 5.41) is 0. The maximum absolute atomic E-state index is 13.0. The van der Waals surface area contributed by atoms with E-state index in [2.05, 4.69) is 9.97 Å². The van der Waals surface area contributed by atoms with Crippen LogP contribution in [0.15, 0.2) is 18.3 Å². The van der Waals surface area contributed by atoms with Crippen molar-refractivity contribution in [2.45, 2.75) is 57.3 Å². The summed E-state index contributed by atoms with van der Waals surface area (Å²) in [5.41, 5.74) is 0.961. The highest BCUT2D eigenvalue weighted by molar-refractivity contribution is 6.08. The first-order chi connectivity index (χ1) is 13.7. The number of ketones is 1. The van der Waals surface area contributed by atoms with Crippen molar-refractivity contribution < 1.29 is 19.0 Å². The molecule has 0 radical (unpaired) electrons. The van der Waals surface area contributed by atoms with Crippen LogP contribution >= 0.6 is 0 Å². The fourth-order valence-corrected chi connectivity index (χ4v) is 3.93. The third kappa shape index (κ3) is 4.49. The van der Waals surface area contributed by atoms with E-state index in [4.69, 9.17) is 14.2 Å². The molecule has 1 fully saturated rings. The molecule has 1 aromatic carbocycles. The van der Waals surface area contributed by atoms with Gasteiger partial charge in [-0.3, -0.25) is 4.79 Å². The van der Waals surface area contributed by atoms with Crippen molar-refractivity contribution in [3.63, 3.8) is 0 Å². The van der Waals surface area contributed by atoms with Crippen molar-refractivity contribution in [2.24, 2.45) is 0 Å². The summed E-state index contributed by atoms with van der Waals surface area (Å²) in [6.07, 6.45) is 11.6. The Bertz CT molecular complexity index is 765. The van der Waals surface area contributed by atoms with Gasteiger partial charge in [-0.2, -0.15) is 0 Å². The standard InChI is InChI=1S/C22H30N2O4/c1-26-18-12-16(13-19(27-2)21(18)28-3)20(25)17-14-23-22(24-17)15-10-8-6-4-5-7-9-11-15/h12-15H,4-11H2,1-3H3,(H,23,24). The molecule has 2 aromatic rings. The van der Waals surface area contributed by atoms with Crippen molar-refractivity contribution in [3.05, 3.63) is 35.4 Å². The first-order valence-electron chi connectivity index (χ1n) is 10.1. The molecule has 1 saturated carbocycles. The van der Waals surface area contributed by atoms with Crippen molar-refractivity contribution >= 4 is 5.78 Å². The molecule has 1 N–H and O–H groups in total. The predicted molar refractivity (Wildman–Crippen MR) is 108 cm³/mol. The Morgan fingerprint density at radius 1 is 0.929 bits per heavy atom. The minimum atomic E-state index is -0.138. The van der Waals surface area contributed by atoms with Gasteiger partial charge in [0.25, 0.3) is 0 Å². The lowest BCUT2D eigenvalue weighted by Gasteiger charge is -2.14. The van der Waals surface area contributed by atoms with Gasteiger partial charge in [-0.05, 0) is 25.0 Å². The number of ether oxygens (including phenoxy) is 3. The van der Waals surface area contributed by atoms with Crippen molar-refractivity contribution in [2.75, 3.05) is 21.3 Å². The van der Waals surface area contributed by atoms with E-state index in [9.17, 15) is 4.79 Å². The fraction of sp³-hybridized carbons (Fsp3) is 0.545. The maximum atomic E-state index is 13.0. The van der Waals surface area contributed by atoms with Crippen LogP contribution in [0.1, 0.15) is 79.2 Å². The molecule has 0 unspecified atom stereocenters. The second-order valence-electron chi connectivity index (χ2n) is 7.32. The summed E-state index contributed by atoms with van der Waals surface area (Å²) in [6.45, 7) is 0. The van der Waals surface area contributed by atoms with Crippen molar-refractivity contribution in [1.29, 1.82) is 0 Å². The lowest BCUT2D eigenvalue weighted by molar-refractivity contribution is 0.103. The Balaban J connectivity index is 1.83. The van der Waals surface area contributed by atoms with Gasteiger partial charge in [0.2, 0.25) is 11.5 Å². The number of nitrogens with zero attached hydrogens (tertiary/aromatic N) is 1. The number of hydrogen-bond donors (Lipinski definition) is 1. The molecular weight excluding hydrogens is 356 g/mol. The number of benzene rings is 1. The highest BCUT2D eigenvalue weighted by Crippen LogP contribution is 2.38. The molecule has 0 amide bonds. The predicted octanol–water partition coefficient (Wildman–Crippen LogP) is 4.88. The van der Waals surface area contributed by atoms with Crippen LogP contribution < -0.4 is 14.2 Å². The minimum absolute atomic E-state index is 0.138. The molecule has 28 heavy (non-hydrogen) atoms. The molecule has 6 nitrogen and oxygen atoms in total. The molecule has 6 heteroatoms. The normalized spacial score (nSPS) is 16.0. The van der Waals surface area contributed by atoms with E-state index in [1.807, 2.05) is 0 Å². The van der Waals surface area contributed by atoms with Crippen LogP contribution in [-0.4, -0.2) is 37.1 Å². The van der Waals surface area contributed by atoms with Crippen LogP contribution in [0.25, 0.3) is 0 Å².